The molecule has 1 fully saturated rings. The summed E-state index contributed by atoms with van der Waals surface area (Å²) < 4.78 is 25.7. The van der Waals surface area contributed by atoms with Crippen molar-refractivity contribution in [2.75, 3.05) is 0 Å². The van der Waals surface area contributed by atoms with Gasteiger partial charge in [0.1, 0.15) is 0 Å². The van der Waals surface area contributed by atoms with Crippen LogP contribution in [0.3, 0.4) is 0 Å². The molecule has 0 aromatic heterocycles. The Kier molecular flexibility index (Phi) is 2.92. The smallest absolute Gasteiger partial charge is 0.309 e. The monoisotopic (exact) mass is 204 g/mol. The molecule has 0 radical (unpaired) electrons. The van der Waals surface area contributed by atoms with Crippen molar-refractivity contribution in [1.82, 2.24) is 0 Å². The first-order chi connectivity index (χ1) is 6.42. The zero-order chi connectivity index (χ0) is 10.8. The molecule has 1 aliphatic carbocycles. The Morgan fingerprint density at radius 2 is 1.86 bits per heavy atom. The van der Waals surface area contributed by atoms with Gasteiger partial charge >= 0.3 is 5.97 Å². The van der Waals surface area contributed by atoms with E-state index in [9.17, 15) is 13.6 Å². The van der Waals surface area contributed by atoms with E-state index in [-0.39, 0.29) is 32.1 Å². The van der Waals surface area contributed by atoms with Crippen LogP contribution in [0.25, 0.3) is 0 Å². The molecule has 0 aromatic rings. The number of carboxylic acid groups (broad SMARTS) is 1. The van der Waals surface area contributed by atoms with Crippen LogP contribution in [-0.2, 0) is 4.79 Å². The number of carboxylic acids is 1. The second-order valence-corrected chi connectivity index (χ2v) is 3.93. The van der Waals surface area contributed by atoms with Crippen LogP contribution in [0.15, 0.2) is 12.7 Å². The van der Waals surface area contributed by atoms with Crippen molar-refractivity contribution in [3.05, 3.63) is 12.7 Å². The predicted octanol–water partition coefficient (Wildman–Crippen LogP) is 2.84. The van der Waals surface area contributed by atoms with Crippen LogP contribution < -0.4 is 0 Å². The largest absolute Gasteiger partial charge is 0.481 e. The maximum absolute atomic E-state index is 12.8. The summed E-state index contributed by atoms with van der Waals surface area (Å²) in [5.41, 5.74) is -0.997. The molecule has 0 unspecified atom stereocenters. The summed E-state index contributed by atoms with van der Waals surface area (Å²) in [7, 11) is 0. The first-order valence-corrected chi connectivity index (χ1v) is 4.64. The molecule has 14 heavy (non-hydrogen) atoms. The van der Waals surface area contributed by atoms with E-state index < -0.39 is 17.3 Å². The molecule has 1 rings (SSSR count). The molecule has 0 bridgehead atoms. The van der Waals surface area contributed by atoms with Crippen molar-refractivity contribution < 1.29 is 18.7 Å². The van der Waals surface area contributed by atoms with Gasteiger partial charge in [-0.1, -0.05) is 6.08 Å². The summed E-state index contributed by atoms with van der Waals surface area (Å²) in [5.74, 6) is -3.66. The fourth-order valence-corrected chi connectivity index (χ4v) is 1.88. The fraction of sp³-hybridized carbons (Fsp3) is 0.700. The lowest BCUT2D eigenvalue weighted by atomic mass is 9.71. The van der Waals surface area contributed by atoms with Gasteiger partial charge < -0.3 is 5.11 Å². The minimum absolute atomic E-state index is 0.0430. The van der Waals surface area contributed by atoms with Gasteiger partial charge in [0.15, 0.2) is 0 Å². The van der Waals surface area contributed by atoms with Gasteiger partial charge in [0.05, 0.1) is 5.41 Å². The van der Waals surface area contributed by atoms with E-state index in [0.29, 0.717) is 0 Å². The van der Waals surface area contributed by atoms with E-state index in [2.05, 4.69) is 6.58 Å². The lowest BCUT2D eigenvalue weighted by Gasteiger charge is -2.35. The summed E-state index contributed by atoms with van der Waals surface area (Å²) in [5, 5.41) is 9.00. The van der Waals surface area contributed by atoms with Crippen LogP contribution in [-0.4, -0.2) is 17.0 Å². The van der Waals surface area contributed by atoms with E-state index in [0.717, 1.165) is 0 Å². The molecular weight excluding hydrogens is 190 g/mol. The van der Waals surface area contributed by atoms with Crippen molar-refractivity contribution in [2.45, 2.75) is 38.0 Å². The van der Waals surface area contributed by atoms with E-state index in [1.807, 2.05) is 0 Å². The Hall–Kier alpha value is -0.930. The Bertz CT molecular complexity index is 239. The molecule has 1 aliphatic rings. The number of halogens is 2. The molecule has 80 valence electrons. The van der Waals surface area contributed by atoms with Gasteiger partial charge in [-0.25, -0.2) is 8.78 Å². The lowest BCUT2D eigenvalue weighted by molar-refractivity contribution is -0.156. The third-order valence-electron chi connectivity index (χ3n) is 2.93. The predicted molar refractivity (Wildman–Crippen MR) is 48.3 cm³/mol. The third-order valence-corrected chi connectivity index (χ3v) is 2.93. The highest BCUT2D eigenvalue weighted by molar-refractivity contribution is 5.75. The summed E-state index contributed by atoms with van der Waals surface area (Å²) in [6, 6.07) is 0. The Morgan fingerprint density at radius 1 is 1.36 bits per heavy atom. The standard InChI is InChI=1S/C10H14F2O2/c1-2-3-9(8(13)14)4-6-10(11,12)7-5-9/h2H,1,3-7H2,(H,13,14). The van der Waals surface area contributed by atoms with Crippen molar-refractivity contribution in [3.8, 4) is 0 Å². The minimum Gasteiger partial charge on any atom is -0.481 e. The average molecular weight is 204 g/mol. The summed E-state index contributed by atoms with van der Waals surface area (Å²) in [6.45, 7) is 3.47. The quantitative estimate of drug-likeness (QED) is 0.718. The van der Waals surface area contributed by atoms with Gasteiger partial charge in [-0.15, -0.1) is 6.58 Å². The zero-order valence-corrected chi connectivity index (χ0v) is 7.93. The summed E-state index contributed by atoms with van der Waals surface area (Å²) in [4.78, 5) is 11.0. The molecule has 0 amide bonds. The second kappa shape index (κ2) is 3.67. The third kappa shape index (κ3) is 2.11. The maximum Gasteiger partial charge on any atom is 0.309 e. The normalized spacial score (nSPS) is 24.1. The zero-order valence-electron chi connectivity index (χ0n) is 7.93. The Labute approximate surface area is 81.6 Å². The van der Waals surface area contributed by atoms with Crippen molar-refractivity contribution >= 4 is 5.97 Å². The first-order valence-electron chi connectivity index (χ1n) is 4.64. The number of carbonyl (C=O) groups is 1. The fourth-order valence-electron chi connectivity index (χ4n) is 1.88. The van der Waals surface area contributed by atoms with Gasteiger partial charge in [0.25, 0.3) is 0 Å². The van der Waals surface area contributed by atoms with Gasteiger partial charge in [-0.05, 0) is 19.3 Å². The SMILES string of the molecule is C=CCC1(C(=O)O)CCC(F)(F)CC1. The molecular formula is C10H14F2O2. The molecule has 0 spiro atoms. The molecule has 4 heteroatoms. The van der Waals surface area contributed by atoms with Crippen molar-refractivity contribution in [1.29, 1.82) is 0 Å². The van der Waals surface area contributed by atoms with Crippen LogP contribution in [0.2, 0.25) is 0 Å². The van der Waals surface area contributed by atoms with Gasteiger partial charge in [0.2, 0.25) is 5.92 Å². The van der Waals surface area contributed by atoms with E-state index in [1.165, 1.54) is 6.08 Å². The number of aliphatic carboxylic acids is 1. The first kappa shape index (κ1) is 11.1. The highest BCUT2D eigenvalue weighted by Gasteiger charge is 2.47. The summed E-state index contributed by atoms with van der Waals surface area (Å²) in [6.07, 6.45) is 1.21. The molecule has 0 atom stereocenters. The molecule has 0 aromatic carbocycles. The minimum atomic E-state index is -2.68. The number of rotatable bonds is 3. The average Bonchev–Trinajstić information content (AvgIpc) is 2.09. The van der Waals surface area contributed by atoms with Crippen molar-refractivity contribution in [3.63, 3.8) is 0 Å². The van der Waals surface area contributed by atoms with Crippen LogP contribution in [0.4, 0.5) is 8.78 Å². The topological polar surface area (TPSA) is 37.3 Å². The number of hydrogen-bond donors (Lipinski definition) is 1. The van der Waals surface area contributed by atoms with Crippen LogP contribution in [0.5, 0.6) is 0 Å². The molecule has 0 saturated heterocycles. The van der Waals surface area contributed by atoms with E-state index >= 15 is 0 Å². The van der Waals surface area contributed by atoms with E-state index in [4.69, 9.17) is 5.11 Å². The Morgan fingerprint density at radius 3 is 2.21 bits per heavy atom. The van der Waals surface area contributed by atoms with E-state index in [1.54, 1.807) is 0 Å². The van der Waals surface area contributed by atoms with Crippen LogP contribution in [0.1, 0.15) is 32.1 Å². The highest BCUT2D eigenvalue weighted by Crippen LogP contribution is 2.45. The lowest BCUT2D eigenvalue weighted by Crippen LogP contribution is -2.38. The second-order valence-electron chi connectivity index (χ2n) is 3.93. The molecule has 0 heterocycles. The van der Waals surface area contributed by atoms with Gasteiger partial charge in [0, 0.05) is 12.8 Å². The molecule has 2 nitrogen and oxygen atoms in total. The van der Waals surface area contributed by atoms with Gasteiger partial charge in [-0.3, -0.25) is 4.79 Å². The van der Waals surface area contributed by atoms with Crippen molar-refractivity contribution in [2.24, 2.45) is 5.41 Å². The maximum atomic E-state index is 12.8. The van der Waals surface area contributed by atoms with Crippen LogP contribution in [0, 0.1) is 5.41 Å². The number of alkyl halides is 2. The highest BCUT2D eigenvalue weighted by atomic mass is 19.3. The summed E-state index contributed by atoms with van der Waals surface area (Å²) >= 11 is 0. The van der Waals surface area contributed by atoms with Gasteiger partial charge in [-0.2, -0.15) is 0 Å². The number of hydrogen-bond acceptors (Lipinski definition) is 1. The Balaban J connectivity index is 2.74. The molecule has 1 N–H and O–H groups in total. The number of allylic oxidation sites excluding steroid dienone is 1. The molecule has 0 aliphatic heterocycles. The van der Waals surface area contributed by atoms with Crippen LogP contribution >= 0.6 is 0 Å². The molecule has 1 saturated carbocycles.